The molecule has 1 nitrogen and oxygen atoms in total. The van der Waals surface area contributed by atoms with Gasteiger partial charge in [0.05, 0.1) is 12.2 Å². The zero-order valence-corrected chi connectivity index (χ0v) is 10.0. The van der Waals surface area contributed by atoms with Crippen LogP contribution in [-0.2, 0) is 4.74 Å². The Morgan fingerprint density at radius 3 is 2.27 bits per heavy atom. The van der Waals surface area contributed by atoms with Crippen molar-refractivity contribution in [1.29, 1.82) is 0 Å². The van der Waals surface area contributed by atoms with Crippen molar-refractivity contribution in [2.45, 2.75) is 57.5 Å². The van der Waals surface area contributed by atoms with Crippen molar-refractivity contribution in [1.82, 2.24) is 0 Å². The molecule has 0 aromatic heterocycles. The summed E-state index contributed by atoms with van der Waals surface area (Å²) in [5.74, 6) is 0. The lowest BCUT2D eigenvalue weighted by Gasteiger charge is -2.32. The predicted molar refractivity (Wildman–Crippen MR) is 66.0 cm³/mol. The van der Waals surface area contributed by atoms with Gasteiger partial charge < -0.3 is 4.74 Å². The van der Waals surface area contributed by atoms with E-state index in [9.17, 15) is 0 Å². The molecular formula is C14H24O. The lowest BCUT2D eigenvalue weighted by Crippen LogP contribution is -2.31. The molecule has 0 aromatic rings. The van der Waals surface area contributed by atoms with Crippen LogP contribution in [0.4, 0.5) is 0 Å². The van der Waals surface area contributed by atoms with Crippen LogP contribution in [0.25, 0.3) is 0 Å². The van der Waals surface area contributed by atoms with Crippen LogP contribution in [0.15, 0.2) is 24.8 Å². The van der Waals surface area contributed by atoms with Crippen molar-refractivity contribution in [3.8, 4) is 0 Å². The fraction of sp³-hybridized carbons (Fsp3) is 0.714. The average molecular weight is 208 g/mol. The maximum atomic E-state index is 5.99. The lowest BCUT2D eigenvalue weighted by atomic mass is 9.86. The summed E-state index contributed by atoms with van der Waals surface area (Å²) in [5, 5.41) is 0. The van der Waals surface area contributed by atoms with E-state index in [0.29, 0.717) is 6.61 Å². The summed E-state index contributed by atoms with van der Waals surface area (Å²) in [5.41, 5.74) is 0.00333. The number of hydrogen-bond donors (Lipinski definition) is 0. The van der Waals surface area contributed by atoms with Gasteiger partial charge in [0, 0.05) is 0 Å². The Morgan fingerprint density at radius 1 is 1.13 bits per heavy atom. The smallest absolute Gasteiger partial charge is 0.0866 e. The van der Waals surface area contributed by atoms with Crippen LogP contribution in [0.2, 0.25) is 0 Å². The maximum Gasteiger partial charge on any atom is 0.0866 e. The third-order valence-corrected chi connectivity index (χ3v) is 3.16. The van der Waals surface area contributed by atoms with Crippen LogP contribution >= 0.6 is 0 Å². The van der Waals surface area contributed by atoms with Crippen LogP contribution in [-0.4, -0.2) is 12.2 Å². The van der Waals surface area contributed by atoms with E-state index in [2.05, 4.69) is 25.7 Å². The molecule has 1 aliphatic rings. The highest BCUT2D eigenvalue weighted by atomic mass is 16.5. The number of hydrogen-bond acceptors (Lipinski definition) is 1. The molecule has 0 aliphatic heterocycles. The van der Waals surface area contributed by atoms with Crippen molar-refractivity contribution in [2.75, 3.05) is 6.61 Å². The molecule has 1 aliphatic carbocycles. The Hall–Kier alpha value is -0.560. The van der Waals surface area contributed by atoms with Gasteiger partial charge in [-0.25, -0.2) is 0 Å². The van der Waals surface area contributed by atoms with Crippen molar-refractivity contribution in [3.05, 3.63) is 24.8 Å². The molecule has 0 radical (unpaired) electrons. The Labute approximate surface area is 94.2 Å². The van der Waals surface area contributed by atoms with Crippen molar-refractivity contribution in [3.63, 3.8) is 0 Å². The van der Waals surface area contributed by atoms with E-state index in [4.69, 9.17) is 4.74 Å². The van der Waals surface area contributed by atoms with Gasteiger partial charge in [0.2, 0.25) is 0 Å². The number of rotatable bonds is 4. The van der Waals surface area contributed by atoms with Crippen LogP contribution in [0.5, 0.6) is 0 Å². The molecular weight excluding hydrogens is 184 g/mol. The molecule has 1 fully saturated rings. The summed E-state index contributed by atoms with van der Waals surface area (Å²) >= 11 is 0. The first-order chi connectivity index (χ1) is 7.33. The van der Waals surface area contributed by atoms with E-state index in [-0.39, 0.29) is 5.60 Å². The molecule has 0 aromatic carbocycles. The van der Waals surface area contributed by atoms with E-state index in [1.807, 2.05) is 6.08 Å². The molecule has 15 heavy (non-hydrogen) atoms. The molecule has 0 bridgehead atoms. The molecule has 1 rings (SSSR count). The van der Waals surface area contributed by atoms with Crippen molar-refractivity contribution < 1.29 is 4.74 Å². The first kappa shape index (κ1) is 12.5. The molecule has 0 N–H and O–H groups in total. The Kier molecular flexibility index (Phi) is 5.70. The summed E-state index contributed by atoms with van der Waals surface area (Å²) in [6, 6.07) is 0. The van der Waals surface area contributed by atoms with E-state index < -0.39 is 0 Å². The van der Waals surface area contributed by atoms with Crippen LogP contribution < -0.4 is 0 Å². The molecule has 1 heteroatoms. The fourth-order valence-corrected chi connectivity index (χ4v) is 2.39. The normalized spacial score (nSPS) is 22.2. The molecule has 0 spiro atoms. The lowest BCUT2D eigenvalue weighted by molar-refractivity contribution is -0.0109. The second-order valence-corrected chi connectivity index (χ2v) is 4.43. The Bertz CT molecular complexity index is 197. The van der Waals surface area contributed by atoms with Gasteiger partial charge in [-0.1, -0.05) is 50.3 Å². The zero-order chi connectivity index (χ0) is 11.0. The molecule has 1 saturated carbocycles. The number of ether oxygens (including phenoxy) is 1. The van der Waals surface area contributed by atoms with Crippen molar-refractivity contribution >= 4 is 0 Å². The number of allylic oxidation sites excluding steroid dienone is 1. The fourth-order valence-electron chi connectivity index (χ4n) is 2.39. The largest absolute Gasteiger partial charge is 0.367 e. The topological polar surface area (TPSA) is 9.23 Å². The van der Waals surface area contributed by atoms with Crippen LogP contribution in [0, 0.1) is 0 Å². The summed E-state index contributed by atoms with van der Waals surface area (Å²) in [7, 11) is 0. The quantitative estimate of drug-likeness (QED) is 0.628. The van der Waals surface area contributed by atoms with Crippen molar-refractivity contribution in [2.24, 2.45) is 0 Å². The molecule has 0 atom stereocenters. The van der Waals surface area contributed by atoms with Gasteiger partial charge >= 0.3 is 0 Å². The Balaban J connectivity index is 2.61. The third-order valence-electron chi connectivity index (χ3n) is 3.16. The van der Waals surface area contributed by atoms with Gasteiger partial charge in [0.25, 0.3) is 0 Å². The van der Waals surface area contributed by atoms with Crippen LogP contribution in [0.1, 0.15) is 51.9 Å². The molecule has 86 valence electrons. The standard InChI is InChI=1S/C14H24O/c1-3-10-14(15-13-4-2)11-8-6-5-7-9-12-14/h3-4,10H,2,5-9,11-13H2,1H3. The van der Waals surface area contributed by atoms with E-state index >= 15 is 0 Å². The van der Waals surface area contributed by atoms with E-state index in [1.54, 1.807) is 0 Å². The molecule has 0 saturated heterocycles. The summed E-state index contributed by atoms with van der Waals surface area (Å²) in [6.07, 6.45) is 15.3. The van der Waals surface area contributed by atoms with Gasteiger partial charge in [0.1, 0.15) is 0 Å². The monoisotopic (exact) mass is 208 g/mol. The van der Waals surface area contributed by atoms with E-state index in [1.165, 1.54) is 44.9 Å². The van der Waals surface area contributed by atoms with Gasteiger partial charge in [-0.15, -0.1) is 6.58 Å². The second kappa shape index (κ2) is 6.84. The molecule has 0 unspecified atom stereocenters. The summed E-state index contributed by atoms with van der Waals surface area (Å²) in [4.78, 5) is 0. The summed E-state index contributed by atoms with van der Waals surface area (Å²) < 4.78 is 5.99. The van der Waals surface area contributed by atoms with Gasteiger partial charge in [-0.2, -0.15) is 0 Å². The minimum Gasteiger partial charge on any atom is -0.367 e. The van der Waals surface area contributed by atoms with E-state index in [0.717, 1.165) is 0 Å². The Morgan fingerprint density at radius 2 is 1.73 bits per heavy atom. The minimum atomic E-state index is 0.00333. The molecule has 0 heterocycles. The predicted octanol–water partition coefficient (Wildman–Crippen LogP) is 4.25. The highest BCUT2D eigenvalue weighted by Crippen LogP contribution is 2.31. The van der Waals surface area contributed by atoms with Gasteiger partial charge in [-0.3, -0.25) is 0 Å². The average Bonchev–Trinajstić information content (AvgIpc) is 2.21. The highest BCUT2D eigenvalue weighted by Gasteiger charge is 2.27. The SMILES string of the molecule is C=CCOC1(C=CC)CCCCCCC1. The first-order valence-corrected chi connectivity index (χ1v) is 6.22. The second-order valence-electron chi connectivity index (χ2n) is 4.43. The maximum absolute atomic E-state index is 5.99. The zero-order valence-electron chi connectivity index (χ0n) is 10.0. The first-order valence-electron chi connectivity index (χ1n) is 6.22. The molecule has 0 amide bonds. The highest BCUT2D eigenvalue weighted by molar-refractivity contribution is 5.02. The van der Waals surface area contributed by atoms with Gasteiger partial charge in [-0.05, 0) is 19.8 Å². The third kappa shape index (κ3) is 4.21. The van der Waals surface area contributed by atoms with Crippen LogP contribution in [0.3, 0.4) is 0 Å². The summed E-state index contributed by atoms with van der Waals surface area (Å²) in [6.45, 7) is 6.48. The minimum absolute atomic E-state index is 0.00333. The van der Waals surface area contributed by atoms with Gasteiger partial charge in [0.15, 0.2) is 0 Å².